The van der Waals surface area contributed by atoms with Gasteiger partial charge in [-0.3, -0.25) is 4.90 Å². The Balaban J connectivity index is 2.56. The molecule has 3 heteroatoms. The Hall–Kier alpha value is -0.570. The molecule has 0 aromatic heterocycles. The van der Waals surface area contributed by atoms with E-state index in [-0.39, 0.29) is 0 Å². The highest BCUT2D eigenvalue weighted by atomic mass is 35.5. The van der Waals surface area contributed by atoms with Gasteiger partial charge in [0.05, 0.1) is 6.61 Å². The van der Waals surface area contributed by atoms with Crippen molar-refractivity contribution in [2.75, 3.05) is 27.3 Å². The van der Waals surface area contributed by atoms with E-state index in [1.165, 1.54) is 11.1 Å². The van der Waals surface area contributed by atoms with Crippen molar-refractivity contribution in [2.24, 2.45) is 0 Å². The van der Waals surface area contributed by atoms with Gasteiger partial charge in [-0.15, -0.1) is 0 Å². The monoisotopic (exact) mass is 227 g/mol. The van der Waals surface area contributed by atoms with Crippen molar-refractivity contribution in [3.63, 3.8) is 0 Å². The normalized spacial score (nSPS) is 11.0. The molecule has 0 fully saturated rings. The minimum absolute atomic E-state index is 0.750. The van der Waals surface area contributed by atoms with Crippen molar-refractivity contribution in [1.82, 2.24) is 4.90 Å². The van der Waals surface area contributed by atoms with Crippen molar-refractivity contribution in [1.29, 1.82) is 0 Å². The van der Waals surface area contributed by atoms with E-state index in [9.17, 15) is 0 Å². The van der Waals surface area contributed by atoms with Gasteiger partial charge in [0, 0.05) is 25.2 Å². The van der Waals surface area contributed by atoms with Crippen LogP contribution in [0, 0.1) is 6.92 Å². The molecule has 0 saturated heterocycles. The number of aryl methyl sites for hydroxylation is 1. The van der Waals surface area contributed by atoms with Crippen molar-refractivity contribution in [2.45, 2.75) is 13.5 Å². The molecule has 0 radical (unpaired) electrons. The number of benzene rings is 1. The summed E-state index contributed by atoms with van der Waals surface area (Å²) in [6.07, 6.45) is 0. The van der Waals surface area contributed by atoms with Crippen LogP contribution in [0.5, 0.6) is 0 Å². The van der Waals surface area contributed by atoms with E-state index < -0.39 is 0 Å². The first-order valence-electron chi connectivity index (χ1n) is 5.06. The smallest absolute Gasteiger partial charge is 0.0589 e. The van der Waals surface area contributed by atoms with Gasteiger partial charge in [-0.2, -0.15) is 0 Å². The van der Waals surface area contributed by atoms with Crippen molar-refractivity contribution in [3.8, 4) is 0 Å². The summed E-state index contributed by atoms with van der Waals surface area (Å²) >= 11 is 6.15. The number of hydrogen-bond donors (Lipinski definition) is 0. The molecule has 1 aromatic carbocycles. The third-order valence-corrected chi connectivity index (χ3v) is 2.68. The van der Waals surface area contributed by atoms with E-state index in [0.29, 0.717) is 0 Å². The number of ether oxygens (including phenoxy) is 1. The van der Waals surface area contributed by atoms with Gasteiger partial charge in [-0.05, 0) is 31.2 Å². The number of hydrogen-bond acceptors (Lipinski definition) is 2. The van der Waals surface area contributed by atoms with E-state index in [4.69, 9.17) is 16.3 Å². The molecule has 0 spiro atoms. The number of halogens is 1. The van der Waals surface area contributed by atoms with Crippen molar-refractivity contribution >= 4 is 11.6 Å². The lowest BCUT2D eigenvalue weighted by molar-refractivity contribution is 0.158. The van der Waals surface area contributed by atoms with Crippen LogP contribution in [-0.4, -0.2) is 32.2 Å². The molecule has 1 rings (SSSR count). The van der Waals surface area contributed by atoms with E-state index in [1.807, 2.05) is 13.0 Å². The molecule has 0 saturated carbocycles. The fraction of sp³-hybridized carbons (Fsp3) is 0.500. The number of likely N-dealkylation sites (N-methyl/N-ethyl adjacent to an activating group) is 1. The van der Waals surface area contributed by atoms with Gasteiger partial charge in [-0.1, -0.05) is 23.7 Å². The lowest BCUT2D eigenvalue weighted by Crippen LogP contribution is -2.22. The second-order valence-electron chi connectivity index (χ2n) is 3.83. The molecule has 0 N–H and O–H groups in total. The molecule has 0 aliphatic heterocycles. The highest BCUT2D eigenvalue weighted by Gasteiger charge is 2.04. The molecule has 0 heterocycles. The minimum atomic E-state index is 0.750. The van der Waals surface area contributed by atoms with Crippen LogP contribution < -0.4 is 0 Å². The third kappa shape index (κ3) is 4.20. The van der Waals surface area contributed by atoms with Gasteiger partial charge >= 0.3 is 0 Å². The molecule has 0 unspecified atom stereocenters. The standard InChI is InChI=1S/C12H18ClNO/c1-10-4-5-11(12(13)8-10)9-14(2)6-7-15-3/h4-5,8H,6-7,9H2,1-3H3. The lowest BCUT2D eigenvalue weighted by atomic mass is 10.1. The zero-order valence-electron chi connectivity index (χ0n) is 9.59. The summed E-state index contributed by atoms with van der Waals surface area (Å²) in [5.41, 5.74) is 2.36. The van der Waals surface area contributed by atoms with Crippen LogP contribution in [-0.2, 0) is 11.3 Å². The Kier molecular flexibility index (Phi) is 5.09. The minimum Gasteiger partial charge on any atom is -0.383 e. The second kappa shape index (κ2) is 6.11. The maximum Gasteiger partial charge on any atom is 0.0589 e. The van der Waals surface area contributed by atoms with Crippen LogP contribution >= 0.6 is 11.6 Å². The Morgan fingerprint density at radius 3 is 2.73 bits per heavy atom. The predicted octanol–water partition coefficient (Wildman–Crippen LogP) is 2.73. The van der Waals surface area contributed by atoms with Crippen LogP contribution in [0.15, 0.2) is 18.2 Å². The van der Waals surface area contributed by atoms with E-state index in [0.717, 1.165) is 24.7 Å². The Morgan fingerprint density at radius 2 is 2.13 bits per heavy atom. The Labute approximate surface area is 96.8 Å². The fourth-order valence-electron chi connectivity index (χ4n) is 1.40. The lowest BCUT2D eigenvalue weighted by Gasteiger charge is -2.17. The van der Waals surface area contributed by atoms with Gasteiger partial charge in [0.1, 0.15) is 0 Å². The summed E-state index contributed by atoms with van der Waals surface area (Å²) in [5.74, 6) is 0. The average molecular weight is 228 g/mol. The van der Waals surface area contributed by atoms with E-state index in [2.05, 4.69) is 24.1 Å². The van der Waals surface area contributed by atoms with Crippen LogP contribution in [0.4, 0.5) is 0 Å². The molecule has 84 valence electrons. The molecular formula is C12H18ClNO. The zero-order valence-corrected chi connectivity index (χ0v) is 10.3. The third-order valence-electron chi connectivity index (χ3n) is 2.33. The van der Waals surface area contributed by atoms with Gasteiger partial charge in [0.25, 0.3) is 0 Å². The molecular weight excluding hydrogens is 210 g/mol. The van der Waals surface area contributed by atoms with Gasteiger partial charge < -0.3 is 4.74 Å². The number of nitrogens with zero attached hydrogens (tertiary/aromatic N) is 1. The van der Waals surface area contributed by atoms with Crippen molar-refractivity contribution < 1.29 is 4.74 Å². The molecule has 0 amide bonds. The summed E-state index contributed by atoms with van der Waals surface area (Å²) in [7, 11) is 3.78. The molecule has 0 aliphatic carbocycles. The highest BCUT2D eigenvalue weighted by molar-refractivity contribution is 6.31. The molecule has 15 heavy (non-hydrogen) atoms. The van der Waals surface area contributed by atoms with Crippen LogP contribution in [0.1, 0.15) is 11.1 Å². The summed E-state index contributed by atoms with van der Waals surface area (Å²) in [6, 6.07) is 6.17. The highest BCUT2D eigenvalue weighted by Crippen LogP contribution is 2.18. The van der Waals surface area contributed by atoms with Gasteiger partial charge in [-0.25, -0.2) is 0 Å². The summed E-state index contributed by atoms with van der Waals surface area (Å²) in [5, 5.41) is 0.847. The van der Waals surface area contributed by atoms with Crippen LogP contribution in [0.2, 0.25) is 5.02 Å². The zero-order chi connectivity index (χ0) is 11.3. The maximum atomic E-state index is 6.15. The van der Waals surface area contributed by atoms with Gasteiger partial charge in [0.2, 0.25) is 0 Å². The molecule has 2 nitrogen and oxygen atoms in total. The Bertz CT molecular complexity index is 314. The second-order valence-corrected chi connectivity index (χ2v) is 4.23. The summed E-state index contributed by atoms with van der Waals surface area (Å²) < 4.78 is 5.02. The first kappa shape index (κ1) is 12.5. The molecule has 0 aliphatic rings. The molecule has 0 atom stereocenters. The van der Waals surface area contributed by atoms with Gasteiger partial charge in [0.15, 0.2) is 0 Å². The number of methoxy groups -OCH3 is 1. The van der Waals surface area contributed by atoms with Crippen molar-refractivity contribution in [3.05, 3.63) is 34.3 Å². The summed E-state index contributed by atoms with van der Waals surface area (Å²) in [6.45, 7) is 4.58. The topological polar surface area (TPSA) is 12.5 Å². The largest absolute Gasteiger partial charge is 0.383 e. The molecule has 1 aromatic rings. The fourth-order valence-corrected chi connectivity index (χ4v) is 1.69. The van der Waals surface area contributed by atoms with E-state index >= 15 is 0 Å². The van der Waals surface area contributed by atoms with E-state index in [1.54, 1.807) is 7.11 Å². The first-order chi connectivity index (χ1) is 7.13. The first-order valence-corrected chi connectivity index (χ1v) is 5.44. The van der Waals surface area contributed by atoms with Crippen LogP contribution in [0.25, 0.3) is 0 Å². The maximum absolute atomic E-state index is 6.15. The SMILES string of the molecule is COCCN(C)Cc1ccc(C)cc1Cl. The predicted molar refractivity (Wildman–Crippen MR) is 64.4 cm³/mol. The number of rotatable bonds is 5. The Morgan fingerprint density at radius 1 is 1.40 bits per heavy atom. The summed E-state index contributed by atoms with van der Waals surface area (Å²) in [4.78, 5) is 2.19. The quantitative estimate of drug-likeness (QED) is 0.767. The van der Waals surface area contributed by atoms with Crippen LogP contribution in [0.3, 0.4) is 0 Å². The average Bonchev–Trinajstić information content (AvgIpc) is 2.19. The molecule has 0 bridgehead atoms.